The first-order valence-electron chi connectivity index (χ1n) is 10.0. The number of morpholine rings is 1. The second-order valence-corrected chi connectivity index (χ2v) is 7.40. The largest absolute Gasteiger partial charge is 0.489 e. The van der Waals surface area contributed by atoms with Crippen molar-refractivity contribution in [2.45, 2.75) is 32.7 Å². The third kappa shape index (κ3) is 4.80. The van der Waals surface area contributed by atoms with Gasteiger partial charge in [-0.25, -0.2) is 4.98 Å². The van der Waals surface area contributed by atoms with Gasteiger partial charge in [-0.2, -0.15) is 0 Å². The molecule has 0 spiro atoms. The Morgan fingerprint density at radius 1 is 1.13 bits per heavy atom. The zero-order valence-corrected chi connectivity index (χ0v) is 17.1. The van der Waals surface area contributed by atoms with Gasteiger partial charge in [-0.05, 0) is 44.2 Å². The molecule has 7 heteroatoms. The highest BCUT2D eigenvalue weighted by molar-refractivity contribution is 6.03. The van der Waals surface area contributed by atoms with Gasteiger partial charge in [-0.15, -0.1) is 0 Å². The van der Waals surface area contributed by atoms with E-state index in [9.17, 15) is 4.79 Å². The fourth-order valence-corrected chi connectivity index (χ4v) is 3.53. The van der Waals surface area contributed by atoms with E-state index in [-0.39, 0.29) is 30.5 Å². The lowest BCUT2D eigenvalue weighted by Gasteiger charge is -2.36. The Hall–Kier alpha value is -3.32. The van der Waals surface area contributed by atoms with Crippen molar-refractivity contribution >= 4 is 17.4 Å². The molecule has 1 aliphatic heterocycles. The van der Waals surface area contributed by atoms with Gasteiger partial charge in [-0.1, -0.05) is 18.2 Å². The molecule has 30 heavy (non-hydrogen) atoms. The molecular formula is C23H25N3O4. The standard InChI is InChI=1S/C23H25N3O4/c1-16-13-26(14-17(2)30-16)21-9-8-19(12-24-21)25-23(27)22-18(10-11-28-22)15-29-20-6-4-3-5-7-20/h3-12,16-17H,13-15H2,1-2H3,(H,25,27). The summed E-state index contributed by atoms with van der Waals surface area (Å²) in [4.78, 5) is 19.4. The average molecular weight is 407 g/mol. The van der Waals surface area contributed by atoms with Crippen molar-refractivity contribution in [2.75, 3.05) is 23.3 Å². The van der Waals surface area contributed by atoms with Gasteiger partial charge in [0.1, 0.15) is 18.2 Å². The number of carbonyl (C=O) groups is 1. The summed E-state index contributed by atoms with van der Waals surface area (Å²) < 4.78 is 16.9. The van der Waals surface area contributed by atoms with Crippen molar-refractivity contribution in [3.8, 4) is 5.75 Å². The Bertz CT molecular complexity index is 962. The molecule has 1 saturated heterocycles. The number of furan rings is 1. The Kier molecular flexibility index (Phi) is 5.99. The molecule has 1 aliphatic rings. The van der Waals surface area contributed by atoms with Gasteiger partial charge in [0.05, 0.1) is 30.4 Å². The summed E-state index contributed by atoms with van der Waals surface area (Å²) in [6.07, 6.45) is 3.46. The molecule has 1 fully saturated rings. The van der Waals surface area contributed by atoms with Crippen LogP contribution in [0.15, 0.2) is 65.4 Å². The Morgan fingerprint density at radius 3 is 2.60 bits per heavy atom. The van der Waals surface area contributed by atoms with Gasteiger partial charge in [0.2, 0.25) is 0 Å². The molecule has 1 amide bonds. The third-order valence-corrected chi connectivity index (χ3v) is 4.84. The molecule has 0 bridgehead atoms. The van der Waals surface area contributed by atoms with Crippen molar-refractivity contribution < 1.29 is 18.7 Å². The van der Waals surface area contributed by atoms with Crippen LogP contribution in [0.3, 0.4) is 0 Å². The predicted octanol–water partition coefficient (Wildman–Crippen LogP) is 4.12. The minimum absolute atomic E-state index is 0.158. The average Bonchev–Trinajstić information content (AvgIpc) is 3.22. The number of hydrogen-bond acceptors (Lipinski definition) is 6. The van der Waals surface area contributed by atoms with Crippen LogP contribution in [-0.2, 0) is 11.3 Å². The quantitative estimate of drug-likeness (QED) is 0.662. The van der Waals surface area contributed by atoms with Crippen LogP contribution in [0, 0.1) is 0 Å². The molecule has 3 aromatic rings. The summed E-state index contributed by atoms with van der Waals surface area (Å²) in [6.45, 7) is 5.94. The highest BCUT2D eigenvalue weighted by atomic mass is 16.5. The van der Waals surface area contributed by atoms with E-state index in [1.54, 1.807) is 12.3 Å². The molecule has 0 radical (unpaired) electrons. The second kappa shape index (κ2) is 9.00. The summed E-state index contributed by atoms with van der Waals surface area (Å²) in [7, 11) is 0. The normalized spacial score (nSPS) is 18.8. The van der Waals surface area contributed by atoms with Crippen molar-refractivity contribution in [2.24, 2.45) is 0 Å². The number of anilines is 2. The first kappa shape index (κ1) is 20.0. The summed E-state index contributed by atoms with van der Waals surface area (Å²) in [5.74, 6) is 1.49. The highest BCUT2D eigenvalue weighted by Gasteiger charge is 2.23. The fourth-order valence-electron chi connectivity index (χ4n) is 3.53. The summed E-state index contributed by atoms with van der Waals surface area (Å²) in [6, 6.07) is 14.9. The molecule has 2 atom stereocenters. The molecule has 156 valence electrons. The zero-order chi connectivity index (χ0) is 20.9. The summed E-state index contributed by atoms with van der Waals surface area (Å²) >= 11 is 0. The molecular weight excluding hydrogens is 382 g/mol. The monoisotopic (exact) mass is 407 g/mol. The van der Waals surface area contributed by atoms with Crippen LogP contribution in [0.2, 0.25) is 0 Å². The van der Waals surface area contributed by atoms with Gasteiger partial charge in [0.25, 0.3) is 5.91 Å². The first-order valence-corrected chi connectivity index (χ1v) is 10.0. The maximum Gasteiger partial charge on any atom is 0.291 e. The third-order valence-electron chi connectivity index (χ3n) is 4.84. The molecule has 2 unspecified atom stereocenters. The number of hydrogen-bond donors (Lipinski definition) is 1. The predicted molar refractivity (Wildman–Crippen MR) is 114 cm³/mol. The second-order valence-electron chi connectivity index (χ2n) is 7.40. The molecule has 3 heterocycles. The minimum atomic E-state index is -0.338. The van der Waals surface area contributed by atoms with E-state index in [1.807, 2.05) is 42.5 Å². The molecule has 7 nitrogen and oxygen atoms in total. The van der Waals surface area contributed by atoms with Gasteiger partial charge in [0.15, 0.2) is 5.76 Å². The van der Waals surface area contributed by atoms with Crippen LogP contribution in [0.25, 0.3) is 0 Å². The van der Waals surface area contributed by atoms with Crippen LogP contribution in [0.1, 0.15) is 30.0 Å². The van der Waals surface area contributed by atoms with Crippen LogP contribution >= 0.6 is 0 Å². The molecule has 4 rings (SSSR count). The van der Waals surface area contributed by atoms with Crippen molar-refractivity contribution in [3.63, 3.8) is 0 Å². The van der Waals surface area contributed by atoms with E-state index >= 15 is 0 Å². The van der Waals surface area contributed by atoms with Crippen LogP contribution in [0.5, 0.6) is 5.75 Å². The van der Waals surface area contributed by atoms with Gasteiger partial charge in [0, 0.05) is 18.7 Å². The van der Waals surface area contributed by atoms with E-state index in [1.165, 1.54) is 6.26 Å². The topological polar surface area (TPSA) is 76.8 Å². The van der Waals surface area contributed by atoms with Crippen molar-refractivity contribution in [3.05, 3.63) is 72.3 Å². The Labute approximate surface area is 175 Å². The van der Waals surface area contributed by atoms with E-state index in [0.29, 0.717) is 11.3 Å². The number of ether oxygens (including phenoxy) is 2. The zero-order valence-electron chi connectivity index (χ0n) is 17.1. The highest BCUT2D eigenvalue weighted by Crippen LogP contribution is 2.21. The van der Waals surface area contributed by atoms with Crippen LogP contribution in [0.4, 0.5) is 11.5 Å². The number of nitrogens with zero attached hydrogens (tertiary/aromatic N) is 2. The molecule has 1 N–H and O–H groups in total. The Balaban J connectivity index is 1.38. The van der Waals surface area contributed by atoms with E-state index < -0.39 is 0 Å². The SMILES string of the molecule is CC1CN(c2ccc(NC(=O)c3occc3COc3ccccc3)cn2)CC(C)O1. The van der Waals surface area contributed by atoms with E-state index in [4.69, 9.17) is 13.9 Å². The van der Waals surface area contributed by atoms with Crippen molar-refractivity contribution in [1.82, 2.24) is 4.98 Å². The van der Waals surface area contributed by atoms with Gasteiger partial charge < -0.3 is 24.1 Å². The lowest BCUT2D eigenvalue weighted by atomic mass is 10.2. The number of amides is 1. The number of benzene rings is 1. The van der Waals surface area contributed by atoms with E-state index in [0.717, 1.165) is 24.7 Å². The van der Waals surface area contributed by atoms with Crippen LogP contribution < -0.4 is 15.0 Å². The van der Waals surface area contributed by atoms with E-state index in [2.05, 4.69) is 29.0 Å². The smallest absolute Gasteiger partial charge is 0.291 e. The first-order chi connectivity index (χ1) is 14.6. The lowest BCUT2D eigenvalue weighted by molar-refractivity contribution is -0.00545. The summed E-state index contributed by atoms with van der Waals surface area (Å²) in [5.41, 5.74) is 1.28. The number of carbonyl (C=O) groups excluding carboxylic acids is 1. The summed E-state index contributed by atoms with van der Waals surface area (Å²) in [5, 5.41) is 2.84. The molecule has 1 aromatic carbocycles. The number of nitrogens with one attached hydrogen (secondary N) is 1. The number of rotatable bonds is 6. The molecule has 0 aliphatic carbocycles. The lowest BCUT2D eigenvalue weighted by Crippen LogP contribution is -2.45. The van der Waals surface area contributed by atoms with Gasteiger partial charge >= 0.3 is 0 Å². The number of aromatic nitrogens is 1. The molecule has 0 saturated carbocycles. The van der Waals surface area contributed by atoms with Crippen molar-refractivity contribution in [1.29, 1.82) is 0 Å². The van der Waals surface area contributed by atoms with Crippen LogP contribution in [-0.4, -0.2) is 36.2 Å². The van der Waals surface area contributed by atoms with Gasteiger partial charge in [-0.3, -0.25) is 4.79 Å². The number of para-hydroxylation sites is 1. The maximum atomic E-state index is 12.7. The minimum Gasteiger partial charge on any atom is -0.489 e. The fraction of sp³-hybridized carbons (Fsp3) is 0.304. The number of pyridine rings is 1. The molecule has 2 aromatic heterocycles. The maximum absolute atomic E-state index is 12.7. The Morgan fingerprint density at radius 2 is 1.90 bits per heavy atom.